The van der Waals surface area contributed by atoms with Crippen molar-refractivity contribution in [2.75, 3.05) is 0 Å². The van der Waals surface area contributed by atoms with Crippen molar-refractivity contribution >= 4 is 107 Å². The van der Waals surface area contributed by atoms with Crippen LogP contribution in [0.15, 0.2) is 199 Å². The van der Waals surface area contributed by atoms with Crippen LogP contribution in [-0.2, 0) is 0 Å². The van der Waals surface area contributed by atoms with Crippen LogP contribution in [0.2, 0.25) is 0 Å². The van der Waals surface area contributed by atoms with E-state index < -0.39 is 0 Å². The van der Waals surface area contributed by atoms with Gasteiger partial charge in [-0.3, -0.25) is 0 Å². The Labute approximate surface area is 337 Å². The molecule has 11 aromatic carbocycles. The second-order valence-corrected chi connectivity index (χ2v) is 16.6. The van der Waals surface area contributed by atoms with Gasteiger partial charge in [-0.2, -0.15) is 0 Å². The van der Waals surface area contributed by atoms with Crippen molar-refractivity contribution in [3.8, 4) is 33.4 Å². The van der Waals surface area contributed by atoms with Gasteiger partial charge in [0.1, 0.15) is 11.2 Å². The lowest BCUT2D eigenvalue weighted by molar-refractivity contribution is 0.671. The zero-order valence-corrected chi connectivity index (χ0v) is 32.1. The number of hydrogen-bond donors (Lipinski definition) is 0. The zero-order chi connectivity index (χ0) is 37.9. The maximum atomic E-state index is 7.04. The van der Waals surface area contributed by atoms with Crippen molar-refractivity contribution in [3.63, 3.8) is 0 Å². The molecule has 0 aliphatic carbocycles. The first kappa shape index (κ1) is 31.9. The van der Waals surface area contributed by atoms with Crippen LogP contribution >= 0.6 is 11.3 Å². The lowest BCUT2D eigenvalue weighted by Gasteiger charge is -2.20. The topological polar surface area (TPSA) is 13.1 Å². The SMILES string of the molecule is c1ccc2cc3c(cc2c1)oc1c(-c2ccc(-c4c5ccccc5c(-c5cccc6ccccc56)c5ccccc45)c4ccccc24)cc2sc4ccccc4c2c13. The van der Waals surface area contributed by atoms with Gasteiger partial charge in [-0.15, -0.1) is 11.3 Å². The lowest BCUT2D eigenvalue weighted by Crippen LogP contribution is -1.93. The average Bonchev–Trinajstić information content (AvgIpc) is 3.84. The highest BCUT2D eigenvalue weighted by Gasteiger charge is 2.23. The molecule has 58 heavy (non-hydrogen) atoms. The minimum absolute atomic E-state index is 0.919. The van der Waals surface area contributed by atoms with E-state index in [0.29, 0.717) is 0 Å². The highest BCUT2D eigenvalue weighted by atomic mass is 32.1. The second-order valence-electron chi connectivity index (χ2n) is 15.5. The molecule has 0 spiro atoms. The predicted octanol–water partition coefficient (Wildman–Crippen LogP) is 16.7. The Balaban J connectivity index is 1.12. The summed E-state index contributed by atoms with van der Waals surface area (Å²) < 4.78 is 9.60. The molecule has 0 radical (unpaired) electrons. The summed E-state index contributed by atoms with van der Waals surface area (Å²) in [7, 11) is 0. The van der Waals surface area contributed by atoms with Crippen LogP contribution in [0.1, 0.15) is 0 Å². The summed E-state index contributed by atoms with van der Waals surface area (Å²) in [6, 6.07) is 71.4. The molecule has 0 fully saturated rings. The first-order valence-corrected chi connectivity index (χ1v) is 20.7. The Kier molecular flexibility index (Phi) is 6.66. The van der Waals surface area contributed by atoms with E-state index >= 15 is 0 Å². The Bertz CT molecular complexity index is 3800. The maximum absolute atomic E-state index is 7.04. The van der Waals surface area contributed by atoms with Crippen molar-refractivity contribution in [2.24, 2.45) is 0 Å². The summed E-state index contributed by atoms with van der Waals surface area (Å²) in [5, 5.41) is 17.3. The molecule has 13 rings (SSSR count). The summed E-state index contributed by atoms with van der Waals surface area (Å²) in [6.45, 7) is 0. The molecule has 0 N–H and O–H groups in total. The van der Waals surface area contributed by atoms with Gasteiger partial charge >= 0.3 is 0 Å². The van der Waals surface area contributed by atoms with Crippen LogP contribution in [0.5, 0.6) is 0 Å². The third-order valence-electron chi connectivity index (χ3n) is 12.4. The third kappa shape index (κ3) is 4.46. The third-order valence-corrected chi connectivity index (χ3v) is 13.5. The quantitative estimate of drug-likeness (QED) is 0.164. The number of hydrogen-bond acceptors (Lipinski definition) is 2. The van der Waals surface area contributed by atoms with E-state index in [1.165, 1.54) is 107 Å². The first-order chi connectivity index (χ1) is 28.8. The Morgan fingerprint density at radius 1 is 0.293 bits per heavy atom. The van der Waals surface area contributed by atoms with Gasteiger partial charge < -0.3 is 4.42 Å². The molecule has 0 aliphatic heterocycles. The summed E-state index contributed by atoms with van der Waals surface area (Å²) in [5.41, 5.74) is 9.19. The molecule has 0 unspecified atom stereocenters. The van der Waals surface area contributed by atoms with Gasteiger partial charge in [-0.25, -0.2) is 0 Å². The Morgan fingerprint density at radius 2 is 0.793 bits per heavy atom. The van der Waals surface area contributed by atoms with E-state index in [9.17, 15) is 0 Å². The van der Waals surface area contributed by atoms with E-state index in [1.54, 1.807) is 0 Å². The van der Waals surface area contributed by atoms with E-state index in [1.807, 2.05) is 11.3 Å². The maximum Gasteiger partial charge on any atom is 0.143 e. The molecule has 268 valence electrons. The molecule has 1 nitrogen and oxygen atoms in total. The van der Waals surface area contributed by atoms with Gasteiger partial charge in [0.05, 0.1) is 0 Å². The van der Waals surface area contributed by atoms with Crippen LogP contribution in [-0.4, -0.2) is 0 Å². The largest absolute Gasteiger partial charge is 0.455 e. The Morgan fingerprint density at radius 3 is 1.48 bits per heavy atom. The van der Waals surface area contributed by atoms with Crippen molar-refractivity contribution in [1.82, 2.24) is 0 Å². The van der Waals surface area contributed by atoms with Crippen molar-refractivity contribution in [3.05, 3.63) is 194 Å². The van der Waals surface area contributed by atoms with E-state index in [-0.39, 0.29) is 0 Å². The minimum atomic E-state index is 0.919. The Hall–Kier alpha value is -7.26. The van der Waals surface area contributed by atoms with Gasteiger partial charge in [0.15, 0.2) is 0 Å². The van der Waals surface area contributed by atoms with Gasteiger partial charge in [-0.05, 0) is 106 Å². The van der Waals surface area contributed by atoms with Gasteiger partial charge in [-0.1, -0.05) is 170 Å². The molecule has 2 heterocycles. The molecule has 0 atom stereocenters. The van der Waals surface area contributed by atoms with E-state index in [0.717, 1.165) is 22.1 Å². The lowest BCUT2D eigenvalue weighted by atomic mass is 9.83. The summed E-state index contributed by atoms with van der Waals surface area (Å²) >= 11 is 1.87. The fourth-order valence-electron chi connectivity index (χ4n) is 9.95. The van der Waals surface area contributed by atoms with Crippen LogP contribution < -0.4 is 0 Å². The van der Waals surface area contributed by atoms with Crippen LogP contribution in [0.4, 0.5) is 0 Å². The van der Waals surface area contributed by atoms with E-state index in [2.05, 4.69) is 194 Å². The normalized spacial score (nSPS) is 12.1. The summed E-state index contributed by atoms with van der Waals surface area (Å²) in [5.74, 6) is 0. The van der Waals surface area contributed by atoms with Gasteiger partial charge in [0.25, 0.3) is 0 Å². The molecule has 0 bridgehead atoms. The van der Waals surface area contributed by atoms with Crippen molar-refractivity contribution < 1.29 is 4.42 Å². The molecular weight excluding hydrogens is 721 g/mol. The fourth-order valence-corrected chi connectivity index (χ4v) is 11.1. The number of benzene rings is 11. The number of rotatable bonds is 3. The van der Waals surface area contributed by atoms with E-state index in [4.69, 9.17) is 4.42 Å². The highest BCUT2D eigenvalue weighted by molar-refractivity contribution is 7.26. The number of thiophene rings is 1. The standard InChI is InChI=1S/C56H32OS/c1-2-16-35-31-49-48(30-34(35)15-1)55-54-46-25-11-12-27-50(46)58-51(54)32-47(56(55)57-49)39-28-29-45(38-20-6-5-19-37(38)39)53-43-23-9-7-21-41(43)52(42-22-8-10-24-44(42)53)40-26-13-17-33-14-3-4-18-36(33)40/h1-32H. The molecule has 2 heteroatoms. The first-order valence-electron chi connectivity index (χ1n) is 19.9. The van der Waals surface area contributed by atoms with Crippen molar-refractivity contribution in [1.29, 1.82) is 0 Å². The fraction of sp³-hybridized carbons (Fsp3) is 0. The number of fused-ring (bicyclic) bond motifs is 12. The molecule has 2 aromatic heterocycles. The molecule has 0 saturated carbocycles. The van der Waals surface area contributed by atoms with Crippen molar-refractivity contribution in [2.45, 2.75) is 0 Å². The zero-order valence-electron chi connectivity index (χ0n) is 31.3. The average molecular weight is 753 g/mol. The molecule has 13 aromatic rings. The predicted molar refractivity (Wildman–Crippen MR) is 250 cm³/mol. The molecule has 0 aliphatic rings. The summed E-state index contributed by atoms with van der Waals surface area (Å²) in [6.07, 6.45) is 0. The number of furan rings is 1. The molecular formula is C56H32OS. The molecule has 0 amide bonds. The van der Waals surface area contributed by atoms with Gasteiger partial charge in [0, 0.05) is 36.5 Å². The van der Waals surface area contributed by atoms with Crippen LogP contribution in [0.25, 0.3) is 129 Å². The minimum Gasteiger partial charge on any atom is -0.455 e. The summed E-state index contributed by atoms with van der Waals surface area (Å²) in [4.78, 5) is 0. The van der Waals surface area contributed by atoms with Crippen LogP contribution in [0, 0.1) is 0 Å². The smallest absolute Gasteiger partial charge is 0.143 e. The van der Waals surface area contributed by atoms with Crippen LogP contribution in [0.3, 0.4) is 0 Å². The second kappa shape index (κ2) is 12.1. The monoisotopic (exact) mass is 752 g/mol. The molecule has 0 saturated heterocycles. The highest BCUT2D eigenvalue weighted by Crippen LogP contribution is 2.51. The van der Waals surface area contributed by atoms with Gasteiger partial charge in [0.2, 0.25) is 0 Å².